The zero-order chi connectivity index (χ0) is 15.8. The molecule has 1 fully saturated rings. The minimum absolute atomic E-state index is 0.107. The fraction of sp³-hybridized carbons (Fsp3) is 0.471. The summed E-state index contributed by atoms with van der Waals surface area (Å²) >= 11 is 12.4. The van der Waals surface area contributed by atoms with Gasteiger partial charge in [-0.3, -0.25) is 0 Å². The van der Waals surface area contributed by atoms with E-state index in [-0.39, 0.29) is 6.10 Å². The Morgan fingerprint density at radius 2 is 2.13 bits per heavy atom. The Morgan fingerprint density at radius 1 is 1.22 bits per heavy atom. The summed E-state index contributed by atoms with van der Waals surface area (Å²) in [7, 11) is 0. The van der Waals surface area contributed by atoms with Crippen LogP contribution in [0.25, 0.3) is 5.69 Å². The number of hydrogen-bond donors (Lipinski definition) is 1. The van der Waals surface area contributed by atoms with Gasteiger partial charge < -0.3 is 10.1 Å². The van der Waals surface area contributed by atoms with Crippen LogP contribution in [0.3, 0.4) is 0 Å². The van der Waals surface area contributed by atoms with Crippen LogP contribution in [0.5, 0.6) is 0 Å². The Balaban J connectivity index is 1.85. The summed E-state index contributed by atoms with van der Waals surface area (Å²) in [5, 5.41) is 9.64. The second kappa shape index (κ2) is 6.34. The lowest BCUT2D eigenvalue weighted by atomic mass is 10.0. The second-order valence-electron chi connectivity index (χ2n) is 6.11. The quantitative estimate of drug-likeness (QED) is 0.846. The first-order valence-corrected chi connectivity index (χ1v) is 8.92. The number of benzene rings is 1. The van der Waals surface area contributed by atoms with Crippen molar-refractivity contribution < 1.29 is 4.74 Å². The molecule has 0 bridgehead atoms. The molecule has 0 spiro atoms. The minimum atomic E-state index is 0.107. The van der Waals surface area contributed by atoms with Crippen molar-refractivity contribution in [3.63, 3.8) is 0 Å². The maximum atomic E-state index is 6.41. The Morgan fingerprint density at radius 3 is 2.91 bits per heavy atom. The summed E-state index contributed by atoms with van der Waals surface area (Å²) in [5.41, 5.74) is 3.20. The number of rotatable bonds is 2. The highest BCUT2D eigenvalue weighted by molar-refractivity contribution is 6.35. The number of nitrogens with zero attached hydrogens (tertiary/aromatic N) is 2. The lowest BCUT2D eigenvalue weighted by Gasteiger charge is -2.11. The third kappa shape index (κ3) is 2.84. The monoisotopic (exact) mass is 351 g/mol. The molecule has 1 aromatic heterocycles. The molecule has 1 N–H and O–H groups in total. The lowest BCUT2D eigenvalue weighted by Crippen LogP contribution is -2.07. The van der Waals surface area contributed by atoms with Crippen molar-refractivity contribution in [2.24, 2.45) is 0 Å². The summed E-state index contributed by atoms with van der Waals surface area (Å²) in [6.07, 6.45) is 5.60. The maximum Gasteiger partial charge on any atom is 0.133 e. The molecule has 4 nitrogen and oxygen atoms in total. The predicted octanol–water partition coefficient (Wildman–Crippen LogP) is 4.78. The predicted molar refractivity (Wildman–Crippen MR) is 92.9 cm³/mol. The lowest BCUT2D eigenvalue weighted by molar-refractivity contribution is 0.107. The molecule has 1 saturated heterocycles. The summed E-state index contributed by atoms with van der Waals surface area (Å²) in [4.78, 5) is 0. The van der Waals surface area contributed by atoms with Crippen LogP contribution in [0, 0.1) is 0 Å². The normalized spacial score (nSPS) is 20.9. The first-order valence-electron chi connectivity index (χ1n) is 8.17. The van der Waals surface area contributed by atoms with Gasteiger partial charge in [0, 0.05) is 23.7 Å². The molecule has 0 radical (unpaired) electrons. The van der Waals surface area contributed by atoms with Crippen LogP contribution in [0.2, 0.25) is 10.0 Å². The van der Waals surface area contributed by atoms with Crippen LogP contribution >= 0.6 is 23.2 Å². The van der Waals surface area contributed by atoms with Crippen LogP contribution in [-0.4, -0.2) is 22.9 Å². The van der Waals surface area contributed by atoms with E-state index in [1.54, 1.807) is 6.07 Å². The Kier molecular flexibility index (Phi) is 4.22. The van der Waals surface area contributed by atoms with Gasteiger partial charge in [0.15, 0.2) is 0 Å². The van der Waals surface area contributed by atoms with E-state index < -0.39 is 0 Å². The van der Waals surface area contributed by atoms with Crippen LogP contribution in [0.1, 0.15) is 43.0 Å². The van der Waals surface area contributed by atoms with Crippen molar-refractivity contribution in [2.45, 2.75) is 38.2 Å². The molecule has 0 saturated carbocycles. The van der Waals surface area contributed by atoms with Gasteiger partial charge in [0.25, 0.3) is 0 Å². The molecule has 0 amide bonds. The molecule has 3 heterocycles. The van der Waals surface area contributed by atoms with Crippen molar-refractivity contribution in [2.75, 3.05) is 18.5 Å². The molecule has 0 aliphatic carbocycles. The molecule has 1 atom stereocenters. The maximum absolute atomic E-state index is 6.41. The van der Waals surface area contributed by atoms with Crippen molar-refractivity contribution in [3.8, 4) is 5.69 Å². The van der Waals surface area contributed by atoms with Gasteiger partial charge in [0.1, 0.15) is 11.9 Å². The zero-order valence-electron chi connectivity index (χ0n) is 12.8. The standard InChI is InChI=1S/C17H19Cl2N3O/c18-11-6-7-14(13(19)10-11)22-17-12(4-1-2-8-20-17)16(21-22)15-5-3-9-23-15/h6-7,10,15,20H,1-5,8-9H2. The number of fused-ring (bicyclic) bond motifs is 1. The number of aromatic nitrogens is 2. The van der Waals surface area contributed by atoms with Crippen LogP contribution < -0.4 is 5.32 Å². The molecule has 6 heteroatoms. The van der Waals surface area contributed by atoms with E-state index >= 15 is 0 Å². The van der Waals surface area contributed by atoms with Crippen molar-refractivity contribution in [3.05, 3.63) is 39.5 Å². The van der Waals surface area contributed by atoms with Gasteiger partial charge in [-0.05, 0) is 50.3 Å². The molecule has 1 aromatic carbocycles. The number of hydrogen-bond acceptors (Lipinski definition) is 3. The van der Waals surface area contributed by atoms with E-state index in [2.05, 4.69) is 5.32 Å². The van der Waals surface area contributed by atoms with Crippen LogP contribution in [0.4, 0.5) is 5.82 Å². The number of ether oxygens (including phenoxy) is 1. The Labute approximate surface area is 145 Å². The van der Waals surface area contributed by atoms with Crippen LogP contribution in [-0.2, 0) is 11.2 Å². The fourth-order valence-electron chi connectivity index (χ4n) is 3.41. The summed E-state index contributed by atoms with van der Waals surface area (Å²) in [5.74, 6) is 1.05. The topological polar surface area (TPSA) is 39.1 Å². The largest absolute Gasteiger partial charge is 0.372 e. The molecule has 1 unspecified atom stereocenters. The number of halogens is 2. The van der Waals surface area contributed by atoms with E-state index in [1.807, 2.05) is 16.8 Å². The third-order valence-corrected chi connectivity index (χ3v) is 5.07. The van der Waals surface area contributed by atoms with Gasteiger partial charge in [-0.25, -0.2) is 4.68 Å². The Hall–Kier alpha value is -1.23. The van der Waals surface area contributed by atoms with Crippen molar-refractivity contribution in [1.82, 2.24) is 9.78 Å². The van der Waals surface area contributed by atoms with Gasteiger partial charge in [0.2, 0.25) is 0 Å². The van der Waals surface area contributed by atoms with E-state index in [9.17, 15) is 0 Å². The van der Waals surface area contributed by atoms with Gasteiger partial charge in [-0.15, -0.1) is 0 Å². The molecule has 2 aromatic rings. The molecular weight excluding hydrogens is 333 g/mol. The first kappa shape index (κ1) is 15.3. The third-order valence-electron chi connectivity index (χ3n) is 4.53. The van der Waals surface area contributed by atoms with Gasteiger partial charge >= 0.3 is 0 Å². The van der Waals surface area contributed by atoms with E-state index in [0.717, 1.165) is 56.0 Å². The van der Waals surface area contributed by atoms with E-state index in [1.165, 1.54) is 12.0 Å². The minimum Gasteiger partial charge on any atom is -0.372 e. The zero-order valence-corrected chi connectivity index (χ0v) is 14.3. The summed E-state index contributed by atoms with van der Waals surface area (Å²) in [6, 6.07) is 5.53. The highest BCUT2D eigenvalue weighted by Gasteiger charge is 2.29. The molecule has 2 aliphatic heterocycles. The molecule has 23 heavy (non-hydrogen) atoms. The highest BCUT2D eigenvalue weighted by atomic mass is 35.5. The number of nitrogens with one attached hydrogen (secondary N) is 1. The molecule has 122 valence electrons. The van der Waals surface area contributed by atoms with Crippen molar-refractivity contribution in [1.29, 1.82) is 0 Å². The summed E-state index contributed by atoms with van der Waals surface area (Å²) < 4.78 is 7.81. The highest BCUT2D eigenvalue weighted by Crippen LogP contribution is 2.37. The van der Waals surface area contributed by atoms with Crippen LogP contribution in [0.15, 0.2) is 18.2 Å². The first-order chi connectivity index (χ1) is 11.2. The van der Waals surface area contributed by atoms with E-state index in [0.29, 0.717) is 10.0 Å². The average molecular weight is 352 g/mol. The smallest absolute Gasteiger partial charge is 0.133 e. The number of anilines is 1. The fourth-order valence-corrected chi connectivity index (χ4v) is 3.90. The summed E-state index contributed by atoms with van der Waals surface area (Å²) in [6.45, 7) is 1.77. The molecular formula is C17H19Cl2N3O. The average Bonchev–Trinajstić information content (AvgIpc) is 3.10. The molecule has 2 aliphatic rings. The van der Waals surface area contributed by atoms with Gasteiger partial charge in [0.05, 0.1) is 16.4 Å². The molecule has 4 rings (SSSR count). The van der Waals surface area contributed by atoms with Gasteiger partial charge in [-0.1, -0.05) is 23.2 Å². The Bertz CT molecular complexity index is 723. The van der Waals surface area contributed by atoms with Gasteiger partial charge in [-0.2, -0.15) is 5.10 Å². The second-order valence-corrected chi connectivity index (χ2v) is 6.95. The van der Waals surface area contributed by atoms with E-state index in [4.69, 9.17) is 33.0 Å². The SMILES string of the molecule is Clc1ccc(-n2nc(C3CCCO3)c3c2NCCCC3)c(Cl)c1. The van der Waals surface area contributed by atoms with Crippen molar-refractivity contribution >= 4 is 29.0 Å².